The van der Waals surface area contributed by atoms with Gasteiger partial charge in [0.05, 0.1) is 11.3 Å². The molecule has 1 heterocycles. The van der Waals surface area contributed by atoms with E-state index < -0.39 is 5.91 Å². The summed E-state index contributed by atoms with van der Waals surface area (Å²) in [7, 11) is 0. The molecule has 0 aliphatic heterocycles. The first-order chi connectivity index (χ1) is 9.63. The number of aryl methyl sites for hydroxylation is 1. The van der Waals surface area contributed by atoms with Gasteiger partial charge in [0.15, 0.2) is 0 Å². The van der Waals surface area contributed by atoms with Gasteiger partial charge >= 0.3 is 0 Å². The molecular weight excluding hydrogens is 278 g/mol. The number of hydrogen-bond donors (Lipinski definition) is 2. The van der Waals surface area contributed by atoms with Crippen molar-refractivity contribution in [2.24, 2.45) is 0 Å². The first-order valence-electron chi connectivity index (χ1n) is 6.06. The Kier molecular flexibility index (Phi) is 4.33. The van der Waals surface area contributed by atoms with Crippen LogP contribution in [0.15, 0.2) is 18.2 Å². The molecule has 0 aliphatic carbocycles. The van der Waals surface area contributed by atoms with Crippen LogP contribution in [0.3, 0.4) is 0 Å². The maximum Gasteiger partial charge on any atom is 0.295 e. The molecule has 7 heteroatoms. The number of aromatic nitrogens is 3. The smallest absolute Gasteiger partial charge is 0.295 e. The van der Waals surface area contributed by atoms with Crippen LogP contribution in [0.2, 0.25) is 5.02 Å². The number of H-pyrrole nitrogens is 1. The Morgan fingerprint density at radius 1 is 1.55 bits per heavy atom. The Bertz CT molecular complexity index is 674. The van der Waals surface area contributed by atoms with Gasteiger partial charge in [-0.1, -0.05) is 18.5 Å². The maximum absolute atomic E-state index is 12.0. The first-order valence-corrected chi connectivity index (χ1v) is 6.44. The lowest BCUT2D eigenvalue weighted by atomic mass is 10.2. The third kappa shape index (κ3) is 3.13. The van der Waals surface area contributed by atoms with Crippen molar-refractivity contribution in [3.05, 3.63) is 40.4 Å². The zero-order valence-electron chi connectivity index (χ0n) is 10.8. The SMILES string of the molecule is CCCc1nc(C(=O)Nc2cc(Cl)ccc2C#N)n[nH]1. The summed E-state index contributed by atoms with van der Waals surface area (Å²) in [5.74, 6) is 0.212. The average molecular weight is 290 g/mol. The number of aromatic amines is 1. The fraction of sp³-hybridized carbons (Fsp3) is 0.231. The minimum atomic E-state index is -0.484. The number of nitrogens with one attached hydrogen (secondary N) is 2. The van der Waals surface area contributed by atoms with Crippen molar-refractivity contribution in [2.75, 3.05) is 5.32 Å². The zero-order chi connectivity index (χ0) is 14.5. The first kappa shape index (κ1) is 14.0. The second kappa shape index (κ2) is 6.17. The lowest BCUT2D eigenvalue weighted by Crippen LogP contribution is -2.14. The van der Waals surface area contributed by atoms with Gasteiger partial charge < -0.3 is 5.32 Å². The van der Waals surface area contributed by atoms with Crippen LogP contribution in [-0.2, 0) is 6.42 Å². The summed E-state index contributed by atoms with van der Waals surface area (Å²) in [6.45, 7) is 2.01. The van der Waals surface area contributed by atoms with Gasteiger partial charge in [-0.3, -0.25) is 9.89 Å². The molecule has 0 unspecified atom stereocenters. The summed E-state index contributed by atoms with van der Waals surface area (Å²) < 4.78 is 0. The number of anilines is 1. The van der Waals surface area contributed by atoms with Crippen LogP contribution in [0.25, 0.3) is 0 Å². The van der Waals surface area contributed by atoms with Crippen LogP contribution < -0.4 is 5.32 Å². The summed E-state index contributed by atoms with van der Waals surface area (Å²) in [6, 6.07) is 6.62. The lowest BCUT2D eigenvalue weighted by Gasteiger charge is -2.05. The lowest BCUT2D eigenvalue weighted by molar-refractivity contribution is 0.101. The largest absolute Gasteiger partial charge is 0.318 e. The van der Waals surface area contributed by atoms with Crippen LogP contribution in [0.4, 0.5) is 5.69 Å². The molecule has 2 aromatic rings. The Morgan fingerprint density at radius 3 is 3.05 bits per heavy atom. The van der Waals surface area contributed by atoms with E-state index in [9.17, 15) is 4.79 Å². The second-order valence-corrected chi connectivity index (χ2v) is 4.55. The fourth-order valence-electron chi connectivity index (χ4n) is 1.64. The van der Waals surface area contributed by atoms with E-state index in [-0.39, 0.29) is 5.82 Å². The van der Waals surface area contributed by atoms with Gasteiger partial charge in [0.25, 0.3) is 5.91 Å². The maximum atomic E-state index is 12.0. The van der Waals surface area contributed by atoms with Crippen molar-refractivity contribution >= 4 is 23.2 Å². The minimum absolute atomic E-state index is 0.0392. The molecule has 1 aromatic heterocycles. The van der Waals surface area contributed by atoms with E-state index >= 15 is 0 Å². The van der Waals surface area contributed by atoms with Crippen molar-refractivity contribution in [3.63, 3.8) is 0 Å². The predicted octanol–water partition coefficient (Wildman–Crippen LogP) is 2.53. The normalized spacial score (nSPS) is 10.1. The van der Waals surface area contributed by atoms with Gasteiger partial charge in [-0.25, -0.2) is 4.98 Å². The van der Waals surface area contributed by atoms with E-state index in [0.29, 0.717) is 22.1 Å². The minimum Gasteiger partial charge on any atom is -0.318 e. The molecule has 0 atom stereocenters. The highest BCUT2D eigenvalue weighted by Gasteiger charge is 2.14. The third-order valence-electron chi connectivity index (χ3n) is 2.57. The number of nitrogens with zero attached hydrogens (tertiary/aromatic N) is 3. The van der Waals surface area contributed by atoms with E-state index in [0.717, 1.165) is 12.8 Å². The molecule has 0 fully saturated rings. The van der Waals surface area contributed by atoms with Crippen molar-refractivity contribution < 1.29 is 4.79 Å². The van der Waals surface area contributed by atoms with Crippen LogP contribution in [0, 0.1) is 11.3 Å². The van der Waals surface area contributed by atoms with Gasteiger partial charge in [0, 0.05) is 11.4 Å². The Labute approximate surface area is 120 Å². The van der Waals surface area contributed by atoms with Gasteiger partial charge in [-0.2, -0.15) is 5.26 Å². The molecule has 0 spiro atoms. The number of nitriles is 1. The summed E-state index contributed by atoms with van der Waals surface area (Å²) in [6.07, 6.45) is 1.63. The van der Waals surface area contributed by atoms with Gasteiger partial charge in [0.2, 0.25) is 5.82 Å². The Hall–Kier alpha value is -2.39. The van der Waals surface area contributed by atoms with Crippen molar-refractivity contribution in [3.8, 4) is 6.07 Å². The predicted molar refractivity (Wildman–Crippen MR) is 74.5 cm³/mol. The summed E-state index contributed by atoms with van der Waals surface area (Å²) in [5, 5.41) is 18.5. The zero-order valence-corrected chi connectivity index (χ0v) is 11.5. The quantitative estimate of drug-likeness (QED) is 0.904. The molecule has 1 aromatic carbocycles. The monoisotopic (exact) mass is 289 g/mol. The van der Waals surface area contributed by atoms with Crippen LogP contribution in [0.1, 0.15) is 35.4 Å². The Balaban J connectivity index is 2.19. The molecule has 20 heavy (non-hydrogen) atoms. The number of carbonyl (C=O) groups is 1. The van der Waals surface area contributed by atoms with Crippen molar-refractivity contribution in [2.45, 2.75) is 19.8 Å². The molecule has 0 saturated heterocycles. The van der Waals surface area contributed by atoms with E-state index in [1.54, 1.807) is 12.1 Å². The molecule has 2 rings (SSSR count). The molecular formula is C13H12ClN5O. The van der Waals surface area contributed by atoms with E-state index in [4.69, 9.17) is 16.9 Å². The molecule has 0 radical (unpaired) electrons. The van der Waals surface area contributed by atoms with E-state index in [2.05, 4.69) is 20.5 Å². The Morgan fingerprint density at radius 2 is 2.35 bits per heavy atom. The molecule has 6 nitrogen and oxygen atoms in total. The van der Waals surface area contributed by atoms with Gasteiger partial charge in [-0.05, 0) is 24.6 Å². The molecule has 0 aliphatic rings. The summed E-state index contributed by atoms with van der Waals surface area (Å²) in [4.78, 5) is 16.1. The van der Waals surface area contributed by atoms with Gasteiger partial charge in [0.1, 0.15) is 11.9 Å². The van der Waals surface area contributed by atoms with Crippen molar-refractivity contribution in [1.82, 2.24) is 15.2 Å². The second-order valence-electron chi connectivity index (χ2n) is 4.11. The molecule has 102 valence electrons. The number of hydrogen-bond acceptors (Lipinski definition) is 4. The highest BCUT2D eigenvalue weighted by molar-refractivity contribution is 6.31. The summed E-state index contributed by atoms with van der Waals surface area (Å²) in [5.41, 5.74) is 0.666. The molecule has 2 N–H and O–H groups in total. The standard InChI is InChI=1S/C13H12ClN5O/c1-2-3-11-17-12(19-18-11)13(20)16-10-6-9(14)5-4-8(10)7-15/h4-6H,2-3H2,1H3,(H,16,20)(H,17,18,19). The topological polar surface area (TPSA) is 94.5 Å². The van der Waals surface area contributed by atoms with E-state index in [1.807, 2.05) is 13.0 Å². The van der Waals surface area contributed by atoms with Crippen LogP contribution in [-0.4, -0.2) is 21.1 Å². The fourth-order valence-corrected chi connectivity index (χ4v) is 1.81. The van der Waals surface area contributed by atoms with Crippen molar-refractivity contribution in [1.29, 1.82) is 5.26 Å². The van der Waals surface area contributed by atoms with E-state index in [1.165, 1.54) is 6.07 Å². The number of rotatable bonds is 4. The number of halogens is 1. The highest BCUT2D eigenvalue weighted by Crippen LogP contribution is 2.20. The summed E-state index contributed by atoms with van der Waals surface area (Å²) >= 11 is 5.85. The number of benzene rings is 1. The molecule has 0 saturated carbocycles. The van der Waals surface area contributed by atoms with Crippen LogP contribution in [0.5, 0.6) is 0 Å². The molecule has 0 bridgehead atoms. The highest BCUT2D eigenvalue weighted by atomic mass is 35.5. The van der Waals surface area contributed by atoms with Gasteiger partial charge in [-0.15, -0.1) is 5.10 Å². The molecule has 1 amide bonds. The van der Waals surface area contributed by atoms with Crippen LogP contribution >= 0.6 is 11.6 Å². The average Bonchev–Trinajstić information content (AvgIpc) is 2.88. The number of amides is 1. The number of carbonyl (C=O) groups excluding carboxylic acids is 1. The third-order valence-corrected chi connectivity index (χ3v) is 2.81.